The van der Waals surface area contributed by atoms with Crippen LogP contribution in [0.15, 0.2) is 34.1 Å². The maximum atomic E-state index is 12.6. The second-order valence-electron chi connectivity index (χ2n) is 5.83. The molecule has 0 aliphatic carbocycles. The molecule has 0 saturated carbocycles. The van der Waals surface area contributed by atoms with Gasteiger partial charge in [-0.1, -0.05) is 13.8 Å². The third-order valence-corrected chi connectivity index (χ3v) is 8.18. The molecule has 1 aromatic rings. The molecule has 0 radical (unpaired) electrons. The minimum atomic E-state index is -3.76. The van der Waals surface area contributed by atoms with Crippen molar-refractivity contribution in [1.82, 2.24) is 8.61 Å². The summed E-state index contributed by atoms with van der Waals surface area (Å²) in [6.07, 6.45) is 0. The molecule has 1 fully saturated rings. The zero-order valence-electron chi connectivity index (χ0n) is 15.1. The molecule has 0 spiro atoms. The van der Waals surface area contributed by atoms with Crippen LogP contribution in [0.3, 0.4) is 0 Å². The average molecular weight is 405 g/mol. The van der Waals surface area contributed by atoms with E-state index in [0.717, 1.165) is 0 Å². The number of hydrogen-bond acceptors (Lipinski definition) is 6. The van der Waals surface area contributed by atoms with Crippen LogP contribution in [0.5, 0.6) is 0 Å². The molecule has 1 heterocycles. The van der Waals surface area contributed by atoms with Crippen LogP contribution in [0.25, 0.3) is 0 Å². The van der Waals surface area contributed by atoms with Gasteiger partial charge in [-0.05, 0) is 31.2 Å². The van der Waals surface area contributed by atoms with E-state index in [4.69, 9.17) is 4.74 Å². The van der Waals surface area contributed by atoms with Crippen LogP contribution in [0.1, 0.15) is 20.8 Å². The molecule has 1 aliphatic heterocycles. The molecule has 0 aromatic heterocycles. The van der Waals surface area contributed by atoms with Gasteiger partial charge in [-0.2, -0.15) is 8.61 Å². The van der Waals surface area contributed by atoms with Crippen molar-refractivity contribution in [1.29, 1.82) is 0 Å². The largest absolute Gasteiger partial charge is 0.466 e. The van der Waals surface area contributed by atoms with Gasteiger partial charge in [-0.25, -0.2) is 16.8 Å². The normalized spacial score (nSPS) is 16.5. The van der Waals surface area contributed by atoms with Gasteiger partial charge in [0.15, 0.2) is 0 Å². The zero-order chi connectivity index (χ0) is 19.5. The maximum Gasteiger partial charge on any atom is 0.311 e. The summed E-state index contributed by atoms with van der Waals surface area (Å²) in [7, 11) is -7.40. The molecule has 1 aromatic carbocycles. The Bertz CT molecular complexity index is 839. The van der Waals surface area contributed by atoms with Crippen molar-refractivity contribution in [3.05, 3.63) is 24.3 Å². The Kier molecular flexibility index (Phi) is 6.43. The Hall–Kier alpha value is -1.49. The number of rotatable bonds is 8. The summed E-state index contributed by atoms with van der Waals surface area (Å²) < 4.78 is 57.4. The van der Waals surface area contributed by atoms with Crippen LogP contribution in [-0.2, 0) is 29.6 Å². The number of carbonyl (C=O) groups excluding carboxylic acids is 1. The van der Waals surface area contributed by atoms with Crippen molar-refractivity contribution in [2.24, 2.45) is 5.92 Å². The van der Waals surface area contributed by atoms with E-state index in [-0.39, 0.29) is 29.5 Å². The van der Waals surface area contributed by atoms with Gasteiger partial charge in [0.2, 0.25) is 20.0 Å². The second kappa shape index (κ2) is 8.03. The lowest BCUT2D eigenvalue weighted by Crippen LogP contribution is -2.53. The predicted octanol–water partition coefficient (Wildman–Crippen LogP) is 0.901. The first-order chi connectivity index (χ1) is 12.2. The lowest BCUT2D eigenvalue weighted by atomic mass is 10.0. The molecule has 10 heteroatoms. The first-order valence-electron chi connectivity index (χ1n) is 8.45. The third-order valence-electron chi connectivity index (χ3n) is 4.27. The Morgan fingerprint density at radius 1 is 1.04 bits per heavy atom. The number of ether oxygens (including phenoxy) is 1. The fourth-order valence-corrected chi connectivity index (χ4v) is 5.68. The first kappa shape index (κ1) is 20.8. The fraction of sp³-hybridized carbons (Fsp3) is 0.562. The summed E-state index contributed by atoms with van der Waals surface area (Å²) in [6, 6.07) is 5.15. The first-order valence-corrected chi connectivity index (χ1v) is 11.3. The summed E-state index contributed by atoms with van der Waals surface area (Å²) in [4.78, 5) is 11.6. The van der Waals surface area contributed by atoms with E-state index in [1.807, 2.05) is 0 Å². The highest BCUT2D eigenvalue weighted by atomic mass is 32.2. The Morgan fingerprint density at radius 3 is 2.00 bits per heavy atom. The summed E-state index contributed by atoms with van der Waals surface area (Å²) in [5, 5.41) is 0. The van der Waals surface area contributed by atoms with E-state index >= 15 is 0 Å². The maximum absolute atomic E-state index is 12.6. The smallest absolute Gasteiger partial charge is 0.311 e. The van der Waals surface area contributed by atoms with Crippen molar-refractivity contribution in [2.45, 2.75) is 30.6 Å². The van der Waals surface area contributed by atoms with Crippen molar-refractivity contribution in [3.63, 3.8) is 0 Å². The third kappa shape index (κ3) is 3.93. The monoisotopic (exact) mass is 404 g/mol. The molecule has 0 unspecified atom stereocenters. The minimum Gasteiger partial charge on any atom is -0.466 e. The van der Waals surface area contributed by atoms with E-state index in [1.165, 1.54) is 32.9 Å². The van der Waals surface area contributed by atoms with Crippen molar-refractivity contribution < 1.29 is 26.4 Å². The van der Waals surface area contributed by atoms with E-state index in [0.29, 0.717) is 13.1 Å². The number of nitrogens with zero attached hydrogens (tertiary/aromatic N) is 2. The van der Waals surface area contributed by atoms with Crippen LogP contribution < -0.4 is 0 Å². The van der Waals surface area contributed by atoms with Gasteiger partial charge in [0, 0.05) is 26.2 Å². The van der Waals surface area contributed by atoms with Gasteiger partial charge in [-0.15, -0.1) is 0 Å². The topological polar surface area (TPSA) is 101 Å². The lowest BCUT2D eigenvalue weighted by Gasteiger charge is -2.36. The highest BCUT2D eigenvalue weighted by molar-refractivity contribution is 7.89. The van der Waals surface area contributed by atoms with Crippen LogP contribution in [0.2, 0.25) is 0 Å². The molecular formula is C16H24N2O6S2. The van der Waals surface area contributed by atoms with E-state index in [9.17, 15) is 21.6 Å². The molecule has 26 heavy (non-hydrogen) atoms. The Morgan fingerprint density at radius 2 is 1.54 bits per heavy atom. The van der Waals surface area contributed by atoms with Gasteiger partial charge in [-0.3, -0.25) is 4.79 Å². The highest BCUT2D eigenvalue weighted by Crippen LogP contribution is 2.27. The van der Waals surface area contributed by atoms with Crippen LogP contribution in [0.4, 0.5) is 0 Å². The molecule has 0 atom stereocenters. The predicted molar refractivity (Wildman–Crippen MR) is 95.4 cm³/mol. The SMILES string of the molecule is CCOC(=O)C1CN(S(=O)(=O)c2ccc(S(=O)(=O)N(CC)CC)cc2)C1. The van der Waals surface area contributed by atoms with E-state index < -0.39 is 31.9 Å². The quantitative estimate of drug-likeness (QED) is 0.597. The number of esters is 1. The second-order valence-corrected chi connectivity index (χ2v) is 9.71. The fourth-order valence-electron chi connectivity index (χ4n) is 2.69. The Labute approximate surface area is 154 Å². The van der Waals surface area contributed by atoms with Gasteiger partial charge in [0.1, 0.15) is 0 Å². The summed E-state index contributed by atoms with van der Waals surface area (Å²) in [6.45, 7) is 6.24. The average Bonchev–Trinajstić information content (AvgIpc) is 2.54. The molecule has 0 amide bonds. The molecule has 0 bridgehead atoms. The standard InChI is InChI=1S/C16H24N2O6S2/c1-4-17(5-2)25(20,21)14-7-9-15(10-8-14)26(22,23)18-11-13(12-18)16(19)24-6-3/h7-10,13H,4-6,11-12H2,1-3H3. The molecular weight excluding hydrogens is 380 g/mol. The molecule has 0 N–H and O–H groups in total. The zero-order valence-corrected chi connectivity index (χ0v) is 16.7. The molecule has 1 saturated heterocycles. The highest BCUT2D eigenvalue weighted by Gasteiger charge is 2.41. The molecule has 2 rings (SSSR count). The number of carbonyl (C=O) groups is 1. The Balaban J connectivity index is 2.14. The van der Waals surface area contributed by atoms with Gasteiger partial charge in [0.25, 0.3) is 0 Å². The van der Waals surface area contributed by atoms with Crippen molar-refractivity contribution in [3.8, 4) is 0 Å². The van der Waals surface area contributed by atoms with Crippen LogP contribution in [-0.4, -0.2) is 64.2 Å². The van der Waals surface area contributed by atoms with E-state index in [1.54, 1.807) is 20.8 Å². The van der Waals surface area contributed by atoms with Crippen molar-refractivity contribution >= 4 is 26.0 Å². The van der Waals surface area contributed by atoms with Crippen LogP contribution >= 0.6 is 0 Å². The summed E-state index contributed by atoms with van der Waals surface area (Å²) >= 11 is 0. The van der Waals surface area contributed by atoms with Gasteiger partial charge in [0.05, 0.1) is 22.3 Å². The molecule has 8 nitrogen and oxygen atoms in total. The number of sulfonamides is 2. The van der Waals surface area contributed by atoms with Crippen molar-refractivity contribution in [2.75, 3.05) is 32.8 Å². The summed E-state index contributed by atoms with van der Waals surface area (Å²) in [5.74, 6) is -0.855. The van der Waals surface area contributed by atoms with Crippen LogP contribution in [0, 0.1) is 5.92 Å². The minimum absolute atomic E-state index is 0.00157. The number of hydrogen-bond donors (Lipinski definition) is 0. The molecule has 1 aliphatic rings. The number of benzene rings is 1. The molecule has 146 valence electrons. The van der Waals surface area contributed by atoms with Gasteiger partial charge >= 0.3 is 5.97 Å². The summed E-state index contributed by atoms with van der Waals surface area (Å²) in [5.41, 5.74) is 0. The lowest BCUT2D eigenvalue weighted by molar-refractivity contribution is -0.151. The van der Waals surface area contributed by atoms with Gasteiger partial charge < -0.3 is 4.74 Å². The van der Waals surface area contributed by atoms with E-state index in [2.05, 4.69) is 0 Å².